The van der Waals surface area contributed by atoms with E-state index in [4.69, 9.17) is 28.4 Å². The number of pyridine rings is 1. The van der Waals surface area contributed by atoms with Gasteiger partial charge in [-0.3, -0.25) is 0 Å². The van der Waals surface area contributed by atoms with Crippen LogP contribution in [-0.2, 0) is 0 Å². The molecule has 0 N–H and O–H groups in total. The predicted octanol–water partition coefficient (Wildman–Crippen LogP) is 8.21. The van der Waals surface area contributed by atoms with Crippen molar-refractivity contribution in [3.8, 4) is 51.3 Å². The van der Waals surface area contributed by atoms with Gasteiger partial charge in [0.05, 0.1) is 77.7 Å². The van der Waals surface area contributed by atoms with E-state index in [9.17, 15) is 17.3 Å². The van der Waals surface area contributed by atoms with Crippen molar-refractivity contribution in [2.24, 2.45) is 0 Å². The van der Waals surface area contributed by atoms with Crippen LogP contribution in [0.5, 0.6) is 34.5 Å². The summed E-state index contributed by atoms with van der Waals surface area (Å²) in [5.41, 5.74) is 8.20. The Balaban J connectivity index is 0.000000892. The van der Waals surface area contributed by atoms with Gasteiger partial charge in [0.25, 0.3) is 0 Å². The van der Waals surface area contributed by atoms with Crippen LogP contribution in [0.15, 0.2) is 54.6 Å². The predicted molar refractivity (Wildman–Crippen MR) is 172 cm³/mol. The lowest BCUT2D eigenvalue weighted by Crippen LogP contribution is -2.33. The van der Waals surface area contributed by atoms with Gasteiger partial charge < -0.3 is 45.7 Å². The molecule has 0 amide bonds. The van der Waals surface area contributed by atoms with Gasteiger partial charge in [-0.25, -0.2) is 0 Å². The molecule has 5 aromatic rings. The Hall–Kier alpha value is -4.87. The second-order valence-corrected chi connectivity index (χ2v) is 10.5. The lowest BCUT2D eigenvalue weighted by molar-refractivity contribution is -0.538. The zero-order valence-electron chi connectivity index (χ0n) is 27.2. The normalized spacial score (nSPS) is 11.2. The van der Waals surface area contributed by atoms with Gasteiger partial charge in [0, 0.05) is 23.8 Å². The number of fused-ring (bicyclic) bond motifs is 2. The lowest BCUT2D eigenvalue weighted by Gasteiger charge is -2.20. The van der Waals surface area contributed by atoms with Gasteiger partial charge in [-0.1, -0.05) is 17.7 Å². The Morgan fingerprint density at radius 3 is 1.20 bits per heavy atom. The number of nitrogens with zero attached hydrogens (tertiary/aromatic N) is 1. The monoisotopic (exact) mass is 641 g/mol. The summed E-state index contributed by atoms with van der Waals surface area (Å²) in [4.78, 5) is 0. The van der Waals surface area contributed by atoms with Gasteiger partial charge in [-0.15, -0.1) is 0 Å². The highest BCUT2D eigenvalue weighted by molar-refractivity contribution is 6.50. The van der Waals surface area contributed by atoms with Crippen molar-refractivity contribution < 1.29 is 50.3 Å². The van der Waals surface area contributed by atoms with E-state index >= 15 is 0 Å². The number of ether oxygens (including phenoxy) is 6. The molecule has 0 radical (unpaired) electrons. The van der Waals surface area contributed by atoms with E-state index < -0.39 is 7.25 Å². The first-order chi connectivity index (χ1) is 21.8. The summed E-state index contributed by atoms with van der Waals surface area (Å²) in [5, 5.41) is 1.84. The molecule has 244 valence electrons. The molecule has 0 atom stereocenters. The molecular weight excluding hydrogens is 605 g/mol. The van der Waals surface area contributed by atoms with Crippen LogP contribution in [0, 0.1) is 20.8 Å². The first-order valence-corrected chi connectivity index (χ1v) is 14.2. The Morgan fingerprint density at radius 1 is 0.478 bits per heavy atom. The molecule has 7 nitrogen and oxygen atoms in total. The summed E-state index contributed by atoms with van der Waals surface area (Å²) in [7, 11) is 3.96. The van der Waals surface area contributed by atoms with Crippen molar-refractivity contribution in [1.29, 1.82) is 0 Å². The molecule has 0 unspecified atom stereocenters. The first-order valence-electron chi connectivity index (χ1n) is 14.2. The van der Waals surface area contributed by atoms with E-state index in [0.717, 1.165) is 49.7 Å². The average Bonchev–Trinajstić information content (AvgIpc) is 3.01. The highest BCUT2D eigenvalue weighted by Gasteiger charge is 2.31. The Labute approximate surface area is 265 Å². The van der Waals surface area contributed by atoms with Crippen molar-refractivity contribution in [2.45, 2.75) is 20.8 Å². The van der Waals surface area contributed by atoms with Crippen molar-refractivity contribution in [3.05, 3.63) is 71.3 Å². The van der Waals surface area contributed by atoms with Crippen molar-refractivity contribution >= 4 is 29.1 Å². The topological polar surface area (TPSA) is 59.3 Å². The zero-order valence-corrected chi connectivity index (χ0v) is 27.2. The second kappa shape index (κ2) is 13.6. The van der Waals surface area contributed by atoms with Crippen LogP contribution < -0.4 is 33.0 Å². The van der Waals surface area contributed by atoms with Crippen LogP contribution in [0.3, 0.4) is 0 Å². The Kier molecular flexibility index (Phi) is 10.1. The highest BCUT2D eigenvalue weighted by atomic mass is 19.5. The van der Waals surface area contributed by atoms with E-state index in [1.54, 1.807) is 42.7 Å². The van der Waals surface area contributed by atoms with Crippen LogP contribution in [-0.4, -0.2) is 49.9 Å². The SMILES string of the molecule is COc1cc(OC)cc(-[n+]2c3cc(OC)cc(OC)c3c(-c3c(C)cc(C)cc3C)c3c(OC)cc(OC)cc32)c1.F[B-](F)(F)F. The van der Waals surface area contributed by atoms with Gasteiger partial charge in [-0.05, 0) is 37.5 Å². The molecule has 5 rings (SSSR count). The minimum Gasteiger partial charge on any atom is -0.496 e. The fraction of sp³-hybridized carbons (Fsp3) is 0.265. The number of hydrogen-bond donors (Lipinski definition) is 0. The third-order valence-corrected chi connectivity index (χ3v) is 7.52. The molecule has 0 aliphatic carbocycles. The summed E-state index contributed by atoms with van der Waals surface area (Å²) >= 11 is 0. The number of aromatic nitrogens is 1. The van der Waals surface area contributed by atoms with E-state index in [-0.39, 0.29) is 0 Å². The van der Waals surface area contributed by atoms with Crippen LogP contribution in [0.2, 0.25) is 0 Å². The molecule has 12 heteroatoms. The van der Waals surface area contributed by atoms with Gasteiger partial charge in [-0.2, -0.15) is 4.57 Å². The summed E-state index contributed by atoms with van der Waals surface area (Å²) in [6.45, 7) is 6.41. The maximum absolute atomic E-state index is 9.75. The van der Waals surface area contributed by atoms with Crippen LogP contribution in [0.25, 0.3) is 38.6 Å². The second-order valence-electron chi connectivity index (χ2n) is 10.5. The third kappa shape index (κ3) is 6.85. The molecule has 46 heavy (non-hydrogen) atoms. The number of hydrogen-bond acceptors (Lipinski definition) is 6. The number of aryl methyl sites for hydroxylation is 3. The molecule has 1 aromatic heterocycles. The van der Waals surface area contributed by atoms with Crippen LogP contribution in [0.4, 0.5) is 17.3 Å². The molecule has 0 aliphatic rings. The van der Waals surface area contributed by atoms with Gasteiger partial charge in [0.15, 0.2) is 0 Å². The van der Waals surface area contributed by atoms with E-state index in [1.807, 2.05) is 42.5 Å². The van der Waals surface area contributed by atoms with Crippen molar-refractivity contribution in [2.75, 3.05) is 42.7 Å². The minimum atomic E-state index is -6.00. The zero-order chi connectivity index (χ0) is 33.9. The van der Waals surface area contributed by atoms with Crippen molar-refractivity contribution in [3.63, 3.8) is 0 Å². The fourth-order valence-corrected chi connectivity index (χ4v) is 5.84. The first kappa shape index (κ1) is 34.0. The van der Waals surface area contributed by atoms with E-state index in [1.165, 1.54) is 5.56 Å². The average molecular weight is 641 g/mol. The molecule has 1 heterocycles. The largest absolute Gasteiger partial charge is 0.673 e. The third-order valence-electron chi connectivity index (χ3n) is 7.52. The number of benzene rings is 4. The molecule has 0 spiro atoms. The fourth-order valence-electron chi connectivity index (χ4n) is 5.84. The summed E-state index contributed by atoms with van der Waals surface area (Å²) in [6, 6.07) is 18.1. The highest BCUT2D eigenvalue weighted by Crippen LogP contribution is 2.47. The molecule has 0 fully saturated rings. The number of halogens is 4. The van der Waals surface area contributed by atoms with E-state index in [0.29, 0.717) is 34.5 Å². The van der Waals surface area contributed by atoms with Crippen LogP contribution in [0.1, 0.15) is 16.7 Å². The molecular formula is C34H36BF4NO6. The Bertz CT molecular complexity index is 1790. The lowest BCUT2D eigenvalue weighted by atomic mass is 9.88. The Morgan fingerprint density at radius 2 is 0.848 bits per heavy atom. The number of rotatable bonds is 8. The van der Waals surface area contributed by atoms with Gasteiger partial charge >= 0.3 is 7.25 Å². The summed E-state index contributed by atoms with van der Waals surface area (Å²) < 4.78 is 76.2. The summed E-state index contributed by atoms with van der Waals surface area (Å²) in [6.07, 6.45) is 0. The molecule has 0 aliphatic heterocycles. The number of methoxy groups -OCH3 is 6. The molecule has 0 saturated heterocycles. The molecule has 4 aromatic carbocycles. The standard InChI is InChI=1S/C34H36NO6.BF4/c1-19-10-20(2)31(21(3)11-19)34-32-27(15-25(38-6)17-29(32)40-8)35(22-12-23(36-4)14-24(13-22)37-5)28-16-26(39-7)18-30(41-9)33(28)34;2-1(3,4)5/h10-18H,1-9H3;/q+1;-1. The van der Waals surface area contributed by atoms with Crippen molar-refractivity contribution in [1.82, 2.24) is 0 Å². The van der Waals surface area contributed by atoms with E-state index in [2.05, 4.69) is 37.5 Å². The quantitative estimate of drug-likeness (QED) is 0.0737. The maximum atomic E-state index is 9.75. The van der Waals surface area contributed by atoms with Gasteiger partial charge in [0.2, 0.25) is 16.7 Å². The van der Waals surface area contributed by atoms with Gasteiger partial charge in [0.1, 0.15) is 34.5 Å². The summed E-state index contributed by atoms with van der Waals surface area (Å²) in [5.74, 6) is 4.00. The molecule has 0 bridgehead atoms. The maximum Gasteiger partial charge on any atom is 0.673 e. The smallest absolute Gasteiger partial charge is 0.496 e. The minimum absolute atomic E-state index is 0.659. The molecule has 0 saturated carbocycles. The van der Waals surface area contributed by atoms with Crippen LogP contribution >= 0.6 is 0 Å².